The average molecular weight is 300 g/mol. The van der Waals surface area contributed by atoms with E-state index in [9.17, 15) is 4.79 Å². The number of halogens is 1. The highest BCUT2D eigenvalue weighted by Gasteiger charge is 2.36. The molecule has 1 fully saturated rings. The third-order valence-electron chi connectivity index (χ3n) is 2.99. The van der Waals surface area contributed by atoms with Crippen LogP contribution in [0.1, 0.15) is 24.3 Å². The highest BCUT2D eigenvalue weighted by molar-refractivity contribution is 6.33. The highest BCUT2D eigenvalue weighted by Crippen LogP contribution is 2.23. The van der Waals surface area contributed by atoms with Gasteiger partial charge >= 0.3 is 0 Å². The molecule has 20 heavy (non-hydrogen) atoms. The Labute approximate surface area is 123 Å². The van der Waals surface area contributed by atoms with E-state index >= 15 is 0 Å². The Balaban J connectivity index is 2.18. The average Bonchev–Trinajstić information content (AvgIpc) is 2.37. The standard InChI is InChI=1S/C13H18ClN3O3/c1-13(2)7-17(5-9(20-13)6-19-3)12(18)11-10(14)4-15-8-16-11/h4,8-9H,5-7H2,1-3H3/t9-/m0/s1. The summed E-state index contributed by atoms with van der Waals surface area (Å²) in [5.74, 6) is -0.213. The molecule has 0 bridgehead atoms. The van der Waals surface area contributed by atoms with Crippen LogP contribution in [-0.4, -0.2) is 59.3 Å². The first kappa shape index (κ1) is 15.2. The predicted octanol–water partition coefficient (Wildman–Crippen LogP) is 1.40. The van der Waals surface area contributed by atoms with Crippen molar-refractivity contribution in [3.63, 3.8) is 0 Å². The second-order valence-corrected chi connectivity index (χ2v) is 5.77. The van der Waals surface area contributed by atoms with E-state index in [1.807, 2.05) is 13.8 Å². The van der Waals surface area contributed by atoms with Gasteiger partial charge in [0.2, 0.25) is 0 Å². The first-order chi connectivity index (χ1) is 9.43. The molecule has 2 heterocycles. The van der Waals surface area contributed by atoms with Crippen molar-refractivity contribution >= 4 is 17.5 Å². The molecule has 7 heteroatoms. The first-order valence-electron chi connectivity index (χ1n) is 6.34. The Morgan fingerprint density at radius 1 is 1.65 bits per heavy atom. The summed E-state index contributed by atoms with van der Waals surface area (Å²) < 4.78 is 11.0. The number of aromatic nitrogens is 2. The van der Waals surface area contributed by atoms with Crippen molar-refractivity contribution in [3.05, 3.63) is 23.2 Å². The summed E-state index contributed by atoms with van der Waals surface area (Å²) in [6.07, 6.45) is 2.57. The minimum absolute atomic E-state index is 0.159. The minimum atomic E-state index is -0.434. The largest absolute Gasteiger partial charge is 0.382 e. The summed E-state index contributed by atoms with van der Waals surface area (Å²) in [4.78, 5) is 22.0. The van der Waals surface area contributed by atoms with Crippen LogP contribution in [0.4, 0.5) is 0 Å². The van der Waals surface area contributed by atoms with Crippen molar-refractivity contribution in [1.29, 1.82) is 0 Å². The number of morpholine rings is 1. The van der Waals surface area contributed by atoms with Crippen molar-refractivity contribution in [3.8, 4) is 0 Å². The van der Waals surface area contributed by atoms with Crippen LogP contribution in [0.15, 0.2) is 12.5 Å². The molecule has 1 atom stereocenters. The van der Waals surface area contributed by atoms with Gasteiger partial charge in [-0.3, -0.25) is 4.79 Å². The second-order valence-electron chi connectivity index (χ2n) is 5.36. The summed E-state index contributed by atoms with van der Waals surface area (Å²) in [6.45, 7) is 5.25. The van der Waals surface area contributed by atoms with Gasteiger partial charge in [-0.2, -0.15) is 0 Å². The minimum Gasteiger partial charge on any atom is -0.382 e. The van der Waals surface area contributed by atoms with Gasteiger partial charge in [0.25, 0.3) is 5.91 Å². The van der Waals surface area contributed by atoms with Gasteiger partial charge in [0.15, 0.2) is 0 Å². The molecule has 0 unspecified atom stereocenters. The van der Waals surface area contributed by atoms with E-state index in [2.05, 4.69) is 9.97 Å². The Kier molecular flexibility index (Phi) is 4.57. The van der Waals surface area contributed by atoms with Crippen molar-refractivity contribution in [2.75, 3.05) is 26.8 Å². The Hall–Kier alpha value is -1.24. The summed E-state index contributed by atoms with van der Waals surface area (Å²) in [5, 5.41) is 0.255. The zero-order valence-corrected chi connectivity index (χ0v) is 12.6. The fourth-order valence-electron chi connectivity index (χ4n) is 2.34. The first-order valence-corrected chi connectivity index (χ1v) is 6.72. The van der Waals surface area contributed by atoms with Gasteiger partial charge < -0.3 is 14.4 Å². The van der Waals surface area contributed by atoms with E-state index in [1.54, 1.807) is 12.0 Å². The van der Waals surface area contributed by atoms with E-state index in [0.29, 0.717) is 19.7 Å². The Morgan fingerprint density at radius 2 is 2.40 bits per heavy atom. The van der Waals surface area contributed by atoms with E-state index in [-0.39, 0.29) is 22.7 Å². The molecule has 1 aromatic rings. The lowest BCUT2D eigenvalue weighted by Crippen LogP contribution is -2.55. The van der Waals surface area contributed by atoms with Crippen molar-refractivity contribution in [1.82, 2.24) is 14.9 Å². The molecule has 1 saturated heterocycles. The predicted molar refractivity (Wildman–Crippen MR) is 73.8 cm³/mol. The molecular weight excluding hydrogens is 282 g/mol. The van der Waals surface area contributed by atoms with E-state index < -0.39 is 5.60 Å². The summed E-state index contributed by atoms with van der Waals surface area (Å²) >= 11 is 5.98. The third-order valence-corrected chi connectivity index (χ3v) is 3.27. The number of amides is 1. The van der Waals surface area contributed by atoms with Crippen molar-refractivity contribution < 1.29 is 14.3 Å². The molecule has 1 aliphatic rings. The van der Waals surface area contributed by atoms with Gasteiger partial charge in [0.05, 0.1) is 23.3 Å². The number of carbonyl (C=O) groups is 1. The SMILES string of the molecule is COC[C@@H]1CN(C(=O)c2ncncc2Cl)CC(C)(C)O1. The van der Waals surface area contributed by atoms with Gasteiger partial charge in [-0.1, -0.05) is 11.6 Å². The second kappa shape index (κ2) is 6.03. The fourth-order valence-corrected chi connectivity index (χ4v) is 2.53. The van der Waals surface area contributed by atoms with Crippen LogP contribution in [0.2, 0.25) is 5.02 Å². The Morgan fingerprint density at radius 3 is 3.05 bits per heavy atom. The molecule has 6 nitrogen and oxygen atoms in total. The van der Waals surface area contributed by atoms with Crippen LogP contribution in [0.5, 0.6) is 0 Å². The lowest BCUT2D eigenvalue weighted by Gasteiger charge is -2.42. The van der Waals surface area contributed by atoms with Crippen LogP contribution >= 0.6 is 11.6 Å². The van der Waals surface area contributed by atoms with Crippen LogP contribution in [0, 0.1) is 0 Å². The van der Waals surface area contributed by atoms with Gasteiger partial charge in [-0.05, 0) is 13.8 Å². The number of hydrogen-bond acceptors (Lipinski definition) is 5. The summed E-state index contributed by atoms with van der Waals surface area (Å²) in [6, 6.07) is 0. The molecular formula is C13H18ClN3O3. The third kappa shape index (κ3) is 3.45. The quantitative estimate of drug-likeness (QED) is 0.844. The zero-order valence-electron chi connectivity index (χ0n) is 11.8. The molecule has 0 saturated carbocycles. The van der Waals surface area contributed by atoms with E-state index in [4.69, 9.17) is 21.1 Å². The molecule has 0 radical (unpaired) electrons. The maximum Gasteiger partial charge on any atom is 0.274 e. The van der Waals surface area contributed by atoms with Gasteiger partial charge in [-0.25, -0.2) is 9.97 Å². The lowest BCUT2D eigenvalue weighted by molar-refractivity contribution is -0.143. The number of nitrogens with zero attached hydrogens (tertiary/aromatic N) is 3. The fraction of sp³-hybridized carbons (Fsp3) is 0.615. The number of carbonyl (C=O) groups excluding carboxylic acids is 1. The molecule has 1 aromatic heterocycles. The van der Waals surface area contributed by atoms with E-state index in [0.717, 1.165) is 0 Å². The van der Waals surface area contributed by atoms with Crippen LogP contribution in [0.3, 0.4) is 0 Å². The van der Waals surface area contributed by atoms with Crippen molar-refractivity contribution in [2.45, 2.75) is 25.6 Å². The maximum atomic E-state index is 12.5. The number of rotatable bonds is 3. The van der Waals surface area contributed by atoms with Crippen molar-refractivity contribution in [2.24, 2.45) is 0 Å². The van der Waals surface area contributed by atoms with Crippen LogP contribution in [-0.2, 0) is 9.47 Å². The molecule has 2 rings (SSSR count). The monoisotopic (exact) mass is 299 g/mol. The molecule has 0 spiro atoms. The number of hydrogen-bond donors (Lipinski definition) is 0. The molecule has 0 aromatic carbocycles. The molecule has 1 amide bonds. The summed E-state index contributed by atoms with van der Waals surface area (Å²) in [5.41, 5.74) is -0.216. The normalized spacial score (nSPS) is 21.8. The van der Waals surface area contributed by atoms with Gasteiger partial charge in [-0.15, -0.1) is 0 Å². The maximum absolute atomic E-state index is 12.5. The number of methoxy groups -OCH3 is 1. The van der Waals surface area contributed by atoms with Gasteiger partial charge in [0, 0.05) is 26.4 Å². The molecule has 0 N–H and O–H groups in total. The van der Waals surface area contributed by atoms with Crippen LogP contribution < -0.4 is 0 Å². The smallest absolute Gasteiger partial charge is 0.274 e. The molecule has 110 valence electrons. The van der Waals surface area contributed by atoms with Crippen LogP contribution in [0.25, 0.3) is 0 Å². The van der Waals surface area contributed by atoms with Gasteiger partial charge in [0.1, 0.15) is 12.0 Å². The summed E-state index contributed by atoms with van der Waals surface area (Å²) in [7, 11) is 1.61. The Bertz CT molecular complexity index is 496. The number of ether oxygens (including phenoxy) is 2. The molecule has 1 aliphatic heterocycles. The topological polar surface area (TPSA) is 64.5 Å². The highest BCUT2D eigenvalue weighted by atomic mass is 35.5. The van der Waals surface area contributed by atoms with E-state index in [1.165, 1.54) is 12.5 Å². The molecule has 0 aliphatic carbocycles. The zero-order chi connectivity index (χ0) is 14.8. The lowest BCUT2D eigenvalue weighted by atomic mass is 10.0.